The van der Waals surface area contributed by atoms with Gasteiger partial charge in [-0.05, 0) is 32.0 Å². The van der Waals surface area contributed by atoms with Gasteiger partial charge in [0.25, 0.3) is 0 Å². The number of nitrogens with one attached hydrogen (secondary N) is 1. The standard InChI is InChI=1S/C13H16ClN3/c1-8-3-4-9(2)10(7-8)12-13(14)17-11(16-12)5-6-15/h3-4,7H,5-6,15H2,1-2H3,(H,16,17). The Morgan fingerprint density at radius 1 is 1.35 bits per heavy atom. The van der Waals surface area contributed by atoms with Crippen molar-refractivity contribution in [3.63, 3.8) is 0 Å². The molecule has 0 saturated heterocycles. The number of imidazole rings is 1. The number of benzene rings is 1. The molecule has 0 aliphatic rings. The van der Waals surface area contributed by atoms with E-state index in [0.29, 0.717) is 18.1 Å². The van der Waals surface area contributed by atoms with Crippen molar-refractivity contribution in [2.45, 2.75) is 20.3 Å². The van der Waals surface area contributed by atoms with Crippen LogP contribution in [0, 0.1) is 13.8 Å². The Kier molecular flexibility index (Phi) is 3.50. The number of rotatable bonds is 3. The lowest BCUT2D eigenvalue weighted by molar-refractivity contribution is 0.895. The lowest BCUT2D eigenvalue weighted by Crippen LogP contribution is -2.03. The molecule has 90 valence electrons. The normalized spacial score (nSPS) is 10.8. The van der Waals surface area contributed by atoms with Crippen LogP contribution in [0.1, 0.15) is 17.0 Å². The van der Waals surface area contributed by atoms with Crippen LogP contribution < -0.4 is 5.73 Å². The van der Waals surface area contributed by atoms with Gasteiger partial charge in [0.2, 0.25) is 0 Å². The monoisotopic (exact) mass is 249 g/mol. The van der Waals surface area contributed by atoms with Crippen LogP contribution in [0.2, 0.25) is 5.15 Å². The van der Waals surface area contributed by atoms with Crippen molar-refractivity contribution < 1.29 is 0 Å². The number of nitrogens with zero attached hydrogens (tertiary/aromatic N) is 1. The second-order valence-electron chi connectivity index (χ2n) is 4.20. The number of aryl methyl sites for hydroxylation is 2. The van der Waals surface area contributed by atoms with Crippen LogP contribution in [-0.4, -0.2) is 16.5 Å². The number of H-pyrrole nitrogens is 1. The van der Waals surface area contributed by atoms with E-state index in [1.165, 1.54) is 11.1 Å². The van der Waals surface area contributed by atoms with Gasteiger partial charge in [-0.25, -0.2) is 4.98 Å². The summed E-state index contributed by atoms with van der Waals surface area (Å²) in [5.41, 5.74) is 9.77. The molecule has 1 aromatic heterocycles. The van der Waals surface area contributed by atoms with Gasteiger partial charge in [-0.15, -0.1) is 0 Å². The molecule has 2 aromatic rings. The smallest absolute Gasteiger partial charge is 0.134 e. The maximum atomic E-state index is 6.18. The SMILES string of the molecule is Cc1ccc(C)c(-c2nc(CCN)[nH]c2Cl)c1. The maximum absolute atomic E-state index is 6.18. The molecule has 0 spiro atoms. The van der Waals surface area contributed by atoms with Crippen LogP contribution >= 0.6 is 11.6 Å². The van der Waals surface area contributed by atoms with Crippen LogP contribution in [0.15, 0.2) is 18.2 Å². The van der Waals surface area contributed by atoms with Crippen molar-refractivity contribution in [3.05, 3.63) is 40.3 Å². The third kappa shape index (κ3) is 2.51. The van der Waals surface area contributed by atoms with Crippen LogP contribution in [0.3, 0.4) is 0 Å². The molecular formula is C13H16ClN3. The van der Waals surface area contributed by atoms with Gasteiger partial charge in [0.15, 0.2) is 0 Å². The second kappa shape index (κ2) is 4.90. The van der Waals surface area contributed by atoms with Gasteiger partial charge < -0.3 is 10.7 Å². The van der Waals surface area contributed by atoms with E-state index in [0.717, 1.165) is 17.1 Å². The first-order valence-corrected chi connectivity index (χ1v) is 6.01. The van der Waals surface area contributed by atoms with Crippen molar-refractivity contribution in [2.24, 2.45) is 5.73 Å². The highest BCUT2D eigenvalue weighted by Gasteiger charge is 2.12. The van der Waals surface area contributed by atoms with Gasteiger partial charge in [0, 0.05) is 12.0 Å². The molecule has 0 fully saturated rings. The molecule has 0 bridgehead atoms. The Balaban J connectivity index is 2.48. The molecule has 3 nitrogen and oxygen atoms in total. The minimum absolute atomic E-state index is 0.566. The Hall–Kier alpha value is -1.32. The topological polar surface area (TPSA) is 54.7 Å². The van der Waals surface area contributed by atoms with Crippen LogP contribution in [0.25, 0.3) is 11.3 Å². The molecule has 0 amide bonds. The molecule has 0 aliphatic heterocycles. The molecule has 2 rings (SSSR count). The number of hydrogen-bond donors (Lipinski definition) is 2. The average molecular weight is 250 g/mol. The summed E-state index contributed by atoms with van der Waals surface area (Å²) in [7, 11) is 0. The highest BCUT2D eigenvalue weighted by atomic mass is 35.5. The Morgan fingerprint density at radius 2 is 2.12 bits per heavy atom. The fourth-order valence-electron chi connectivity index (χ4n) is 1.82. The Labute approximate surface area is 106 Å². The van der Waals surface area contributed by atoms with Gasteiger partial charge in [0.05, 0.1) is 0 Å². The summed E-state index contributed by atoms with van der Waals surface area (Å²) < 4.78 is 0. The van der Waals surface area contributed by atoms with Crippen LogP contribution in [-0.2, 0) is 6.42 Å². The summed E-state index contributed by atoms with van der Waals surface area (Å²) in [5, 5.41) is 0.585. The van der Waals surface area contributed by atoms with Crippen molar-refractivity contribution >= 4 is 11.6 Å². The van der Waals surface area contributed by atoms with E-state index in [1.54, 1.807) is 0 Å². The first-order valence-electron chi connectivity index (χ1n) is 5.64. The van der Waals surface area contributed by atoms with Crippen molar-refractivity contribution in [1.82, 2.24) is 9.97 Å². The summed E-state index contributed by atoms with van der Waals surface area (Å²) >= 11 is 6.18. The summed E-state index contributed by atoms with van der Waals surface area (Å²) in [6.45, 7) is 4.68. The molecule has 17 heavy (non-hydrogen) atoms. The van der Waals surface area contributed by atoms with E-state index in [9.17, 15) is 0 Å². The predicted molar refractivity (Wildman–Crippen MR) is 71.3 cm³/mol. The fraction of sp³-hybridized carbons (Fsp3) is 0.308. The number of halogens is 1. The maximum Gasteiger partial charge on any atom is 0.134 e. The number of nitrogens with two attached hydrogens (primary N) is 1. The summed E-state index contributed by atoms with van der Waals surface area (Å²) in [4.78, 5) is 7.57. The Bertz CT molecular complexity index is 531. The van der Waals surface area contributed by atoms with E-state index >= 15 is 0 Å². The van der Waals surface area contributed by atoms with Crippen LogP contribution in [0.5, 0.6) is 0 Å². The van der Waals surface area contributed by atoms with E-state index < -0.39 is 0 Å². The fourth-order valence-corrected chi connectivity index (χ4v) is 2.08. The molecule has 0 unspecified atom stereocenters. The number of hydrogen-bond acceptors (Lipinski definition) is 2. The number of aromatic nitrogens is 2. The summed E-state index contributed by atoms with van der Waals surface area (Å²) in [6, 6.07) is 6.27. The molecule has 1 heterocycles. The molecule has 1 aromatic carbocycles. The number of aromatic amines is 1. The minimum atomic E-state index is 0.566. The predicted octanol–water partition coefficient (Wildman–Crippen LogP) is 2.85. The van der Waals surface area contributed by atoms with E-state index in [-0.39, 0.29) is 0 Å². The zero-order valence-electron chi connectivity index (χ0n) is 10.0. The molecule has 3 N–H and O–H groups in total. The third-order valence-corrected chi connectivity index (χ3v) is 3.01. The molecule has 0 saturated carbocycles. The van der Waals surface area contributed by atoms with Gasteiger partial charge in [-0.3, -0.25) is 0 Å². The molecule has 0 radical (unpaired) electrons. The minimum Gasteiger partial charge on any atom is -0.332 e. The summed E-state index contributed by atoms with van der Waals surface area (Å²) in [5.74, 6) is 0.841. The quantitative estimate of drug-likeness (QED) is 0.879. The van der Waals surface area contributed by atoms with Gasteiger partial charge >= 0.3 is 0 Å². The van der Waals surface area contributed by atoms with Crippen LogP contribution in [0.4, 0.5) is 0 Å². The average Bonchev–Trinajstić information content (AvgIpc) is 2.64. The third-order valence-electron chi connectivity index (χ3n) is 2.74. The lowest BCUT2D eigenvalue weighted by Gasteiger charge is -2.04. The van der Waals surface area contributed by atoms with E-state index in [1.807, 2.05) is 0 Å². The highest BCUT2D eigenvalue weighted by molar-refractivity contribution is 6.32. The second-order valence-corrected chi connectivity index (χ2v) is 4.58. The molecule has 4 heteroatoms. The van der Waals surface area contributed by atoms with Crippen molar-refractivity contribution in [1.29, 1.82) is 0 Å². The van der Waals surface area contributed by atoms with Gasteiger partial charge in [-0.2, -0.15) is 0 Å². The van der Waals surface area contributed by atoms with Crippen molar-refractivity contribution in [3.8, 4) is 11.3 Å². The van der Waals surface area contributed by atoms with E-state index in [4.69, 9.17) is 17.3 Å². The van der Waals surface area contributed by atoms with E-state index in [2.05, 4.69) is 42.0 Å². The highest BCUT2D eigenvalue weighted by Crippen LogP contribution is 2.29. The first-order chi connectivity index (χ1) is 8.11. The zero-order valence-corrected chi connectivity index (χ0v) is 10.8. The van der Waals surface area contributed by atoms with Gasteiger partial charge in [0.1, 0.15) is 16.7 Å². The first kappa shape index (κ1) is 12.1. The van der Waals surface area contributed by atoms with Gasteiger partial charge in [-0.1, -0.05) is 29.3 Å². The molecule has 0 aliphatic carbocycles. The van der Waals surface area contributed by atoms with Crippen molar-refractivity contribution in [2.75, 3.05) is 6.54 Å². The Morgan fingerprint density at radius 3 is 2.82 bits per heavy atom. The zero-order chi connectivity index (χ0) is 12.4. The molecule has 0 atom stereocenters. The lowest BCUT2D eigenvalue weighted by atomic mass is 10.0. The molecular weight excluding hydrogens is 234 g/mol. The largest absolute Gasteiger partial charge is 0.332 e. The summed E-state index contributed by atoms with van der Waals surface area (Å²) in [6.07, 6.45) is 0.713.